The van der Waals surface area contributed by atoms with Crippen LogP contribution in [0.5, 0.6) is 0 Å². The molecule has 7 heteroatoms. The SMILES string of the molecule is CS(=O)(=O)NC(=O)Nc1cccc(/C=C/CO)c1. The number of sulfonamides is 1. The number of benzene rings is 1. The molecule has 0 saturated heterocycles. The number of aliphatic hydroxyl groups is 1. The Morgan fingerprint density at radius 3 is 2.78 bits per heavy atom. The average Bonchev–Trinajstić information content (AvgIpc) is 2.24. The molecule has 0 radical (unpaired) electrons. The van der Waals surface area contributed by atoms with E-state index in [0.717, 1.165) is 11.8 Å². The van der Waals surface area contributed by atoms with E-state index in [1.165, 1.54) is 0 Å². The normalized spacial score (nSPS) is 11.4. The number of rotatable bonds is 4. The maximum Gasteiger partial charge on any atom is 0.332 e. The summed E-state index contributed by atoms with van der Waals surface area (Å²) in [5, 5.41) is 11.0. The molecule has 18 heavy (non-hydrogen) atoms. The van der Waals surface area contributed by atoms with Crippen molar-refractivity contribution in [1.29, 1.82) is 0 Å². The molecule has 2 amide bonds. The van der Waals surface area contributed by atoms with Gasteiger partial charge in [0.25, 0.3) is 0 Å². The molecule has 0 aromatic heterocycles. The maximum absolute atomic E-state index is 11.3. The van der Waals surface area contributed by atoms with Crippen molar-refractivity contribution in [2.75, 3.05) is 18.2 Å². The van der Waals surface area contributed by atoms with Gasteiger partial charge in [-0.25, -0.2) is 17.9 Å². The summed E-state index contributed by atoms with van der Waals surface area (Å²) in [7, 11) is -3.58. The fourth-order valence-electron chi connectivity index (χ4n) is 1.23. The average molecular weight is 270 g/mol. The molecule has 6 nitrogen and oxygen atoms in total. The molecule has 0 bridgehead atoms. The van der Waals surface area contributed by atoms with Crippen LogP contribution in [0.1, 0.15) is 5.56 Å². The third kappa shape index (κ3) is 5.46. The minimum absolute atomic E-state index is 0.0772. The van der Waals surface area contributed by atoms with Gasteiger partial charge in [0.1, 0.15) is 0 Å². The lowest BCUT2D eigenvalue weighted by Crippen LogP contribution is -2.33. The van der Waals surface area contributed by atoms with Crippen LogP contribution >= 0.6 is 0 Å². The lowest BCUT2D eigenvalue weighted by molar-refractivity contribution is 0.256. The number of carbonyl (C=O) groups is 1. The Hall–Kier alpha value is -1.86. The van der Waals surface area contributed by atoms with Gasteiger partial charge in [-0.15, -0.1) is 0 Å². The highest BCUT2D eigenvalue weighted by atomic mass is 32.2. The monoisotopic (exact) mass is 270 g/mol. The van der Waals surface area contributed by atoms with Crippen LogP contribution in [0.25, 0.3) is 6.08 Å². The minimum atomic E-state index is -3.58. The lowest BCUT2D eigenvalue weighted by atomic mass is 10.2. The predicted octanol–water partition coefficient (Wildman–Crippen LogP) is 0.773. The number of urea groups is 1. The van der Waals surface area contributed by atoms with Gasteiger partial charge in [-0.05, 0) is 17.7 Å². The number of nitrogens with one attached hydrogen (secondary N) is 2. The smallest absolute Gasteiger partial charge is 0.332 e. The van der Waals surface area contributed by atoms with E-state index < -0.39 is 16.1 Å². The van der Waals surface area contributed by atoms with Gasteiger partial charge < -0.3 is 10.4 Å². The molecule has 0 fully saturated rings. The summed E-state index contributed by atoms with van der Waals surface area (Å²) in [5.74, 6) is 0. The van der Waals surface area contributed by atoms with E-state index in [-0.39, 0.29) is 6.61 Å². The van der Waals surface area contributed by atoms with Crippen LogP contribution in [0.2, 0.25) is 0 Å². The molecule has 3 N–H and O–H groups in total. The molecular weight excluding hydrogens is 256 g/mol. The first-order valence-corrected chi connectivity index (χ1v) is 6.96. The van der Waals surface area contributed by atoms with Gasteiger partial charge in [0, 0.05) is 5.69 Å². The molecule has 1 rings (SSSR count). The largest absolute Gasteiger partial charge is 0.392 e. The molecule has 1 aromatic rings. The first-order chi connectivity index (χ1) is 8.40. The third-order valence-corrected chi connectivity index (χ3v) is 2.39. The van der Waals surface area contributed by atoms with Crippen LogP contribution in [0.15, 0.2) is 30.3 Å². The van der Waals surface area contributed by atoms with E-state index in [1.807, 2.05) is 0 Å². The Labute approximate surface area is 105 Å². The van der Waals surface area contributed by atoms with Gasteiger partial charge in [-0.2, -0.15) is 0 Å². The van der Waals surface area contributed by atoms with Crippen molar-refractivity contribution in [2.24, 2.45) is 0 Å². The molecule has 0 aliphatic carbocycles. The number of hydrogen-bond acceptors (Lipinski definition) is 4. The van der Waals surface area contributed by atoms with Crippen LogP contribution in [0, 0.1) is 0 Å². The van der Waals surface area contributed by atoms with Gasteiger partial charge >= 0.3 is 6.03 Å². The van der Waals surface area contributed by atoms with E-state index in [9.17, 15) is 13.2 Å². The van der Waals surface area contributed by atoms with Crippen molar-refractivity contribution < 1.29 is 18.3 Å². The van der Waals surface area contributed by atoms with Crippen LogP contribution in [-0.4, -0.2) is 32.4 Å². The molecule has 1 aromatic carbocycles. The second-order valence-electron chi connectivity index (χ2n) is 3.54. The van der Waals surface area contributed by atoms with Crippen molar-refractivity contribution >= 4 is 27.8 Å². The summed E-state index contributed by atoms with van der Waals surface area (Å²) in [5.41, 5.74) is 1.23. The Morgan fingerprint density at radius 2 is 2.17 bits per heavy atom. The second-order valence-corrected chi connectivity index (χ2v) is 5.29. The minimum Gasteiger partial charge on any atom is -0.392 e. The lowest BCUT2D eigenvalue weighted by Gasteiger charge is -2.06. The number of amides is 2. The van der Waals surface area contributed by atoms with Crippen molar-refractivity contribution in [2.45, 2.75) is 0 Å². The Kier molecular flexibility index (Phi) is 4.87. The highest BCUT2D eigenvalue weighted by molar-refractivity contribution is 7.89. The quantitative estimate of drug-likeness (QED) is 0.753. The molecule has 0 spiro atoms. The molecule has 0 aliphatic rings. The van der Waals surface area contributed by atoms with Gasteiger partial charge in [0.15, 0.2) is 0 Å². The van der Waals surface area contributed by atoms with Crippen molar-refractivity contribution in [3.63, 3.8) is 0 Å². The maximum atomic E-state index is 11.3. The van der Waals surface area contributed by atoms with Crippen molar-refractivity contribution in [3.05, 3.63) is 35.9 Å². The van der Waals surface area contributed by atoms with E-state index in [2.05, 4.69) is 5.32 Å². The van der Waals surface area contributed by atoms with E-state index >= 15 is 0 Å². The van der Waals surface area contributed by atoms with Gasteiger partial charge in [0.2, 0.25) is 10.0 Å². The number of aliphatic hydroxyl groups excluding tert-OH is 1. The first-order valence-electron chi connectivity index (χ1n) is 5.07. The fraction of sp³-hybridized carbons (Fsp3) is 0.182. The van der Waals surface area contributed by atoms with Gasteiger partial charge in [-0.3, -0.25) is 0 Å². The number of anilines is 1. The summed E-state index contributed by atoms with van der Waals surface area (Å²) in [4.78, 5) is 11.3. The van der Waals surface area contributed by atoms with Gasteiger partial charge in [0.05, 0.1) is 12.9 Å². The fourth-order valence-corrected chi connectivity index (χ4v) is 1.62. The second kappa shape index (κ2) is 6.18. The zero-order chi connectivity index (χ0) is 13.6. The molecule has 0 heterocycles. The molecule has 98 valence electrons. The Morgan fingerprint density at radius 1 is 1.44 bits per heavy atom. The zero-order valence-electron chi connectivity index (χ0n) is 9.75. The summed E-state index contributed by atoms with van der Waals surface area (Å²) in [6.45, 7) is -0.0772. The zero-order valence-corrected chi connectivity index (χ0v) is 10.6. The number of hydrogen-bond donors (Lipinski definition) is 3. The van der Waals surface area contributed by atoms with Crippen LogP contribution < -0.4 is 10.0 Å². The third-order valence-electron chi connectivity index (χ3n) is 1.84. The highest BCUT2D eigenvalue weighted by Gasteiger charge is 2.07. The molecule has 0 unspecified atom stereocenters. The van der Waals surface area contributed by atoms with Crippen LogP contribution in [0.4, 0.5) is 10.5 Å². The summed E-state index contributed by atoms with van der Waals surface area (Å²) >= 11 is 0. The van der Waals surface area contributed by atoms with Gasteiger partial charge in [-0.1, -0.05) is 24.3 Å². The highest BCUT2D eigenvalue weighted by Crippen LogP contribution is 2.11. The molecule has 0 atom stereocenters. The molecule has 0 saturated carbocycles. The summed E-state index contributed by atoms with van der Waals surface area (Å²) in [6, 6.07) is 5.94. The molecular formula is C11H14N2O4S. The summed E-state index contributed by atoms with van der Waals surface area (Å²) < 4.78 is 23.5. The van der Waals surface area contributed by atoms with E-state index in [4.69, 9.17) is 5.11 Å². The Balaban J connectivity index is 2.73. The van der Waals surface area contributed by atoms with Crippen molar-refractivity contribution in [1.82, 2.24) is 4.72 Å². The first kappa shape index (κ1) is 14.2. The topological polar surface area (TPSA) is 95.5 Å². The van der Waals surface area contributed by atoms with Crippen molar-refractivity contribution in [3.8, 4) is 0 Å². The standard InChI is InChI=1S/C11H14N2O4S/c1-18(16,17)13-11(15)12-10-6-2-4-9(8-10)5-3-7-14/h2-6,8,14H,7H2,1H3,(H2,12,13,15)/b5-3+. The summed E-state index contributed by atoms with van der Waals surface area (Å²) in [6.07, 6.45) is 4.13. The molecule has 0 aliphatic heterocycles. The van der Waals surface area contributed by atoms with Crippen LogP contribution in [0.3, 0.4) is 0 Å². The van der Waals surface area contributed by atoms with E-state index in [1.54, 1.807) is 41.1 Å². The number of carbonyl (C=O) groups excluding carboxylic acids is 1. The van der Waals surface area contributed by atoms with Crippen LogP contribution in [-0.2, 0) is 10.0 Å². The predicted molar refractivity (Wildman–Crippen MR) is 69.6 cm³/mol. The Bertz CT molecular complexity index is 552. The van der Waals surface area contributed by atoms with E-state index in [0.29, 0.717) is 5.69 Å².